The van der Waals surface area contributed by atoms with Crippen molar-refractivity contribution in [3.63, 3.8) is 0 Å². The topological polar surface area (TPSA) is 43.4 Å². The lowest BCUT2D eigenvalue weighted by atomic mass is 9.91. The summed E-state index contributed by atoms with van der Waals surface area (Å²) in [6, 6.07) is 0. The first-order valence-electron chi connectivity index (χ1n) is 21.6. The third-order valence-electron chi connectivity index (χ3n) is 10.8. The maximum absolute atomic E-state index is 12.4. The number of methoxy groups -OCH3 is 1. The van der Waals surface area contributed by atoms with E-state index in [0.29, 0.717) is 17.6 Å². The summed E-state index contributed by atoms with van der Waals surface area (Å²) in [5, 5.41) is 0. The van der Waals surface area contributed by atoms with Crippen molar-refractivity contribution >= 4 is 11.6 Å². The Kier molecular flexibility index (Phi) is 26.5. The molecule has 0 atom stereocenters. The number of ether oxygens (including phenoxy) is 1. The van der Waals surface area contributed by atoms with Crippen molar-refractivity contribution in [3.8, 4) is 0 Å². The average molecular weight is 765 g/mol. The van der Waals surface area contributed by atoms with Crippen LogP contribution in [0.3, 0.4) is 0 Å². The third kappa shape index (κ3) is 24.0. The Balaban J connectivity index is 2.28. The van der Waals surface area contributed by atoms with Gasteiger partial charge in [0.15, 0.2) is 11.5 Å². The largest absolute Gasteiger partial charge is 0.493 e. The Bertz CT molecular complexity index is 1610. The minimum absolute atomic E-state index is 0.128. The molecule has 3 nitrogen and oxygen atoms in total. The fourth-order valence-electron chi connectivity index (χ4n) is 6.69. The third-order valence-corrected chi connectivity index (χ3v) is 10.8. The van der Waals surface area contributed by atoms with Crippen molar-refractivity contribution in [1.82, 2.24) is 0 Å². The van der Waals surface area contributed by atoms with Gasteiger partial charge in [-0.2, -0.15) is 0 Å². The Labute approximate surface area is 345 Å². The molecule has 0 heterocycles. The summed E-state index contributed by atoms with van der Waals surface area (Å²) in [6.07, 6.45) is 41.1. The van der Waals surface area contributed by atoms with E-state index in [0.717, 1.165) is 83.5 Å². The first-order valence-corrected chi connectivity index (χ1v) is 21.6. The molecule has 0 amide bonds. The zero-order valence-corrected chi connectivity index (χ0v) is 38.0. The predicted molar refractivity (Wildman–Crippen MR) is 246 cm³/mol. The van der Waals surface area contributed by atoms with Crippen LogP contribution in [0, 0.1) is 0 Å². The number of Topliss-reactive ketones (excluding diaryl/α,β-unsaturated/α-hetero) is 1. The second-order valence-electron chi connectivity index (χ2n) is 16.7. The minimum Gasteiger partial charge on any atom is -0.493 e. The molecule has 0 saturated heterocycles. The number of carbonyl (C=O) groups excluding carboxylic acids is 2. The van der Waals surface area contributed by atoms with Gasteiger partial charge in [0.05, 0.1) is 7.11 Å². The van der Waals surface area contributed by atoms with E-state index in [-0.39, 0.29) is 17.3 Å². The summed E-state index contributed by atoms with van der Waals surface area (Å²) in [5.74, 6) is -0.191. The highest BCUT2D eigenvalue weighted by atomic mass is 16.5. The van der Waals surface area contributed by atoms with Crippen molar-refractivity contribution in [3.05, 3.63) is 128 Å². The first kappa shape index (κ1) is 50.3. The normalized spacial score (nSPS) is 15.9. The lowest BCUT2D eigenvalue weighted by Crippen LogP contribution is -2.18. The molecule has 56 heavy (non-hydrogen) atoms. The van der Waals surface area contributed by atoms with E-state index >= 15 is 0 Å². The fourth-order valence-corrected chi connectivity index (χ4v) is 6.69. The fraction of sp³-hybridized carbons (Fsp3) is 0.547. The molecule has 0 radical (unpaired) electrons. The monoisotopic (exact) mass is 765 g/mol. The molecular weight excluding hydrogens is 685 g/mol. The Hall–Kier alpha value is -3.72. The zero-order valence-electron chi connectivity index (χ0n) is 38.0. The van der Waals surface area contributed by atoms with Crippen LogP contribution >= 0.6 is 0 Å². The molecule has 1 rings (SSSR count). The van der Waals surface area contributed by atoms with E-state index in [1.165, 1.54) is 82.6 Å². The van der Waals surface area contributed by atoms with Gasteiger partial charge in [0, 0.05) is 17.2 Å². The lowest BCUT2D eigenvalue weighted by molar-refractivity contribution is -0.118. The molecule has 0 aliphatic heterocycles. The summed E-state index contributed by atoms with van der Waals surface area (Å²) >= 11 is 0. The first-order chi connectivity index (χ1) is 26.6. The molecule has 0 saturated carbocycles. The number of ketones is 2. The van der Waals surface area contributed by atoms with Gasteiger partial charge >= 0.3 is 0 Å². The van der Waals surface area contributed by atoms with Gasteiger partial charge in [-0.3, -0.25) is 9.59 Å². The minimum atomic E-state index is -0.193. The summed E-state index contributed by atoms with van der Waals surface area (Å²) < 4.78 is 5.04. The zero-order chi connectivity index (χ0) is 41.9. The van der Waals surface area contributed by atoms with E-state index < -0.39 is 0 Å². The van der Waals surface area contributed by atoms with E-state index in [2.05, 4.69) is 124 Å². The van der Waals surface area contributed by atoms with E-state index in [4.69, 9.17) is 4.74 Å². The molecular formula is C53H80O3. The van der Waals surface area contributed by atoms with Gasteiger partial charge in [0.1, 0.15) is 0 Å². The van der Waals surface area contributed by atoms with Crippen molar-refractivity contribution in [2.45, 2.75) is 185 Å². The molecule has 0 spiro atoms. The van der Waals surface area contributed by atoms with Gasteiger partial charge < -0.3 is 4.74 Å². The van der Waals surface area contributed by atoms with Crippen LogP contribution in [0.5, 0.6) is 0 Å². The van der Waals surface area contributed by atoms with Crippen LogP contribution in [-0.2, 0) is 14.3 Å². The van der Waals surface area contributed by atoms with Crippen LogP contribution in [0.4, 0.5) is 0 Å². The van der Waals surface area contributed by atoms with Crippen molar-refractivity contribution in [2.24, 2.45) is 0 Å². The molecule has 0 aromatic heterocycles. The highest BCUT2D eigenvalue weighted by Gasteiger charge is 2.25. The molecule has 0 fully saturated rings. The number of carbonyl (C=O) groups is 2. The standard InChI is InChI=1S/C53H80O3/c1-40(2)21-13-22-41(3)23-14-24-42(4)25-15-26-43(5)27-16-28-44(6)29-17-30-45(7)31-18-32-46(8)33-19-34-47(9)35-20-36-48(10)37-38-50-49(11)53(55)52(56-12)39-51(50)54/h21,23,25,27,29,31,33,35,37,39H,13-20,22,24,26,28,30,32,34,36,38H2,1-12H3/b41-23+,42-25+,43-27+,44-29+,45-31+,46-33+,47-35+,48-37+. The molecule has 1 aliphatic carbocycles. The molecule has 310 valence electrons. The van der Waals surface area contributed by atoms with Crippen LogP contribution in [0.25, 0.3) is 0 Å². The van der Waals surface area contributed by atoms with E-state index in [1.54, 1.807) is 6.92 Å². The van der Waals surface area contributed by atoms with Crippen LogP contribution < -0.4 is 0 Å². The summed E-state index contributed by atoms with van der Waals surface area (Å²) in [7, 11) is 1.42. The summed E-state index contributed by atoms with van der Waals surface area (Å²) in [5.41, 5.74) is 14.2. The molecule has 0 aromatic rings. The SMILES string of the molecule is COC1=CC(=O)C(C/C=C(\C)CC/C=C(\C)CC/C=C(\C)CC/C=C(\C)CC/C=C(\C)CC/C=C(\C)CC/C=C(\C)CC/C=C(\C)CCC=C(C)C)=C(C)C1=O. The molecule has 0 N–H and O–H groups in total. The van der Waals surface area contributed by atoms with Crippen LogP contribution in [0.15, 0.2) is 128 Å². The maximum Gasteiger partial charge on any atom is 0.223 e. The molecule has 1 aliphatic rings. The van der Waals surface area contributed by atoms with Gasteiger partial charge in [0.25, 0.3) is 0 Å². The van der Waals surface area contributed by atoms with Crippen LogP contribution in [0.1, 0.15) is 185 Å². The van der Waals surface area contributed by atoms with Gasteiger partial charge in [-0.05, 0) is 185 Å². The average Bonchev–Trinajstić information content (AvgIpc) is 3.12. The van der Waals surface area contributed by atoms with Gasteiger partial charge in [-0.25, -0.2) is 0 Å². The van der Waals surface area contributed by atoms with Crippen molar-refractivity contribution < 1.29 is 14.3 Å². The van der Waals surface area contributed by atoms with Gasteiger partial charge in [0.2, 0.25) is 5.78 Å². The smallest absolute Gasteiger partial charge is 0.223 e. The molecule has 0 bridgehead atoms. The number of hydrogen-bond donors (Lipinski definition) is 0. The number of allylic oxidation sites excluding steroid dienone is 21. The lowest BCUT2D eigenvalue weighted by Gasteiger charge is -2.14. The highest BCUT2D eigenvalue weighted by molar-refractivity contribution is 6.21. The Morgan fingerprint density at radius 1 is 0.446 bits per heavy atom. The number of rotatable bonds is 27. The molecule has 0 unspecified atom stereocenters. The molecule has 0 aromatic carbocycles. The maximum atomic E-state index is 12.4. The predicted octanol–water partition coefficient (Wildman–Crippen LogP) is 16.2. The van der Waals surface area contributed by atoms with Gasteiger partial charge in [-0.1, -0.05) is 105 Å². The Morgan fingerprint density at radius 3 is 0.982 bits per heavy atom. The number of hydrogen-bond acceptors (Lipinski definition) is 3. The summed E-state index contributed by atoms with van der Waals surface area (Å²) in [6.45, 7) is 24.1. The second-order valence-corrected chi connectivity index (χ2v) is 16.7. The van der Waals surface area contributed by atoms with Crippen LogP contribution in [-0.4, -0.2) is 18.7 Å². The van der Waals surface area contributed by atoms with Crippen molar-refractivity contribution in [2.75, 3.05) is 7.11 Å². The molecule has 3 heteroatoms. The second kappa shape index (κ2) is 29.5. The van der Waals surface area contributed by atoms with Crippen LogP contribution in [0.2, 0.25) is 0 Å². The highest BCUT2D eigenvalue weighted by Crippen LogP contribution is 2.24. The van der Waals surface area contributed by atoms with E-state index in [9.17, 15) is 9.59 Å². The summed E-state index contributed by atoms with van der Waals surface area (Å²) in [4.78, 5) is 24.8. The van der Waals surface area contributed by atoms with E-state index in [1.807, 2.05) is 0 Å². The Morgan fingerprint density at radius 2 is 0.714 bits per heavy atom. The van der Waals surface area contributed by atoms with Gasteiger partial charge in [-0.15, -0.1) is 0 Å². The van der Waals surface area contributed by atoms with Crippen molar-refractivity contribution in [1.29, 1.82) is 0 Å². The quantitative estimate of drug-likeness (QED) is 0.0618.